The maximum atomic E-state index is 13.7. The molecular formula is C31H30ClN3O4S. The summed E-state index contributed by atoms with van der Waals surface area (Å²) in [5.74, 6) is -0.938. The second kappa shape index (κ2) is 12.8. The third kappa shape index (κ3) is 7.08. The molecular weight excluding hydrogens is 546 g/mol. The van der Waals surface area contributed by atoms with E-state index in [9.17, 15) is 18.0 Å². The van der Waals surface area contributed by atoms with Gasteiger partial charge in [0.25, 0.3) is 15.9 Å². The van der Waals surface area contributed by atoms with Crippen LogP contribution in [-0.2, 0) is 21.2 Å². The first-order valence-corrected chi connectivity index (χ1v) is 14.5. The fourth-order valence-electron chi connectivity index (χ4n) is 4.10. The lowest BCUT2D eigenvalue weighted by molar-refractivity contribution is -0.114. The summed E-state index contributed by atoms with van der Waals surface area (Å²) in [5, 5.41) is 6.01. The average molecular weight is 576 g/mol. The second-order valence-electron chi connectivity index (χ2n) is 9.32. The van der Waals surface area contributed by atoms with Gasteiger partial charge in [-0.2, -0.15) is 0 Å². The molecule has 4 aromatic rings. The first-order valence-electron chi connectivity index (χ1n) is 12.7. The van der Waals surface area contributed by atoms with Crippen molar-refractivity contribution < 1.29 is 18.0 Å². The summed E-state index contributed by atoms with van der Waals surface area (Å²) in [5.41, 5.74) is 3.88. The van der Waals surface area contributed by atoms with E-state index in [1.807, 2.05) is 50.2 Å². The lowest BCUT2D eigenvalue weighted by atomic mass is 10.1. The smallest absolute Gasteiger partial charge is 0.264 e. The van der Waals surface area contributed by atoms with Crippen molar-refractivity contribution in [3.63, 3.8) is 0 Å². The van der Waals surface area contributed by atoms with E-state index in [-0.39, 0.29) is 22.1 Å². The van der Waals surface area contributed by atoms with E-state index in [1.54, 1.807) is 36.4 Å². The number of nitrogens with zero attached hydrogens (tertiary/aromatic N) is 1. The van der Waals surface area contributed by atoms with E-state index in [1.165, 1.54) is 24.3 Å². The molecule has 9 heteroatoms. The molecule has 0 heterocycles. The molecule has 0 aromatic heterocycles. The highest BCUT2D eigenvalue weighted by Gasteiger charge is 2.28. The fraction of sp³-hybridized carbons (Fsp3) is 0.161. The molecule has 2 amide bonds. The molecule has 4 rings (SSSR count). The van der Waals surface area contributed by atoms with Gasteiger partial charge in [0.15, 0.2) is 0 Å². The lowest BCUT2D eigenvalue weighted by Gasteiger charge is -2.25. The number of hydrogen-bond acceptors (Lipinski definition) is 4. The Hall–Kier alpha value is -4.14. The predicted molar refractivity (Wildman–Crippen MR) is 159 cm³/mol. The van der Waals surface area contributed by atoms with Crippen molar-refractivity contribution in [1.82, 2.24) is 5.32 Å². The molecule has 0 fully saturated rings. The molecule has 0 bridgehead atoms. The van der Waals surface area contributed by atoms with E-state index in [0.29, 0.717) is 23.7 Å². The third-order valence-corrected chi connectivity index (χ3v) is 8.50. The van der Waals surface area contributed by atoms with Gasteiger partial charge < -0.3 is 10.6 Å². The van der Waals surface area contributed by atoms with Crippen molar-refractivity contribution in [2.75, 3.05) is 22.7 Å². The molecule has 7 nitrogen and oxygen atoms in total. The number of para-hydroxylation sites is 1. The number of halogens is 1. The van der Waals surface area contributed by atoms with Crippen molar-refractivity contribution in [2.24, 2.45) is 0 Å². The molecule has 0 unspecified atom stereocenters. The molecule has 0 spiro atoms. The van der Waals surface area contributed by atoms with Crippen molar-refractivity contribution >= 4 is 44.8 Å². The number of amides is 2. The minimum absolute atomic E-state index is 0.00104. The maximum absolute atomic E-state index is 13.7. The van der Waals surface area contributed by atoms with E-state index in [4.69, 9.17) is 11.6 Å². The van der Waals surface area contributed by atoms with Gasteiger partial charge in [-0.05, 0) is 85.5 Å². The molecule has 0 aliphatic rings. The monoisotopic (exact) mass is 575 g/mol. The zero-order chi connectivity index (χ0) is 28.7. The summed E-state index contributed by atoms with van der Waals surface area (Å²) in [7, 11) is -4.12. The summed E-state index contributed by atoms with van der Waals surface area (Å²) in [4.78, 5) is 26.2. The van der Waals surface area contributed by atoms with Crippen LogP contribution in [0.5, 0.6) is 0 Å². The van der Waals surface area contributed by atoms with E-state index < -0.39 is 22.5 Å². The van der Waals surface area contributed by atoms with Gasteiger partial charge in [0.2, 0.25) is 5.91 Å². The number of sulfonamides is 1. The number of hydrogen-bond donors (Lipinski definition) is 2. The van der Waals surface area contributed by atoms with Gasteiger partial charge >= 0.3 is 0 Å². The van der Waals surface area contributed by atoms with Gasteiger partial charge in [-0.15, -0.1) is 0 Å². The summed E-state index contributed by atoms with van der Waals surface area (Å²) < 4.78 is 28.4. The van der Waals surface area contributed by atoms with Crippen molar-refractivity contribution in [1.29, 1.82) is 0 Å². The fourth-order valence-corrected chi connectivity index (χ4v) is 5.64. The van der Waals surface area contributed by atoms with Crippen LogP contribution in [-0.4, -0.2) is 33.3 Å². The number of carbonyl (C=O) groups is 2. The second-order valence-corrected chi connectivity index (χ2v) is 11.6. The van der Waals surface area contributed by atoms with Gasteiger partial charge in [0, 0.05) is 11.6 Å². The minimum atomic E-state index is -4.12. The van der Waals surface area contributed by atoms with Crippen LogP contribution in [0.25, 0.3) is 0 Å². The molecule has 0 aliphatic heterocycles. The molecule has 2 N–H and O–H groups in total. The van der Waals surface area contributed by atoms with Crippen molar-refractivity contribution in [3.05, 3.63) is 124 Å². The van der Waals surface area contributed by atoms with Crippen LogP contribution in [0.1, 0.15) is 27.0 Å². The Morgan fingerprint density at radius 2 is 1.50 bits per heavy atom. The largest absolute Gasteiger partial charge is 0.352 e. The Morgan fingerprint density at radius 1 is 0.825 bits per heavy atom. The van der Waals surface area contributed by atoms with Crippen LogP contribution in [0.4, 0.5) is 11.4 Å². The van der Waals surface area contributed by atoms with Crippen molar-refractivity contribution in [2.45, 2.75) is 25.2 Å². The van der Waals surface area contributed by atoms with Gasteiger partial charge in [0.05, 0.1) is 21.8 Å². The normalized spacial score (nSPS) is 11.1. The molecule has 206 valence electrons. The minimum Gasteiger partial charge on any atom is -0.352 e. The van der Waals surface area contributed by atoms with E-state index >= 15 is 0 Å². The van der Waals surface area contributed by atoms with Crippen LogP contribution < -0.4 is 14.9 Å². The Bertz CT molecular complexity index is 1610. The lowest BCUT2D eigenvalue weighted by Crippen LogP contribution is -2.38. The number of anilines is 2. The van der Waals surface area contributed by atoms with E-state index in [0.717, 1.165) is 21.0 Å². The summed E-state index contributed by atoms with van der Waals surface area (Å²) in [6.45, 7) is 3.72. The number of benzene rings is 4. The number of nitrogens with one attached hydrogen (secondary N) is 2. The predicted octanol–water partition coefficient (Wildman–Crippen LogP) is 5.76. The Morgan fingerprint density at radius 3 is 2.20 bits per heavy atom. The first-order chi connectivity index (χ1) is 19.1. The number of aryl methyl sites for hydroxylation is 2. The average Bonchev–Trinajstić information content (AvgIpc) is 2.94. The number of rotatable bonds is 10. The van der Waals surface area contributed by atoms with E-state index in [2.05, 4.69) is 10.6 Å². The summed E-state index contributed by atoms with van der Waals surface area (Å²) >= 11 is 5.97. The van der Waals surface area contributed by atoms with Gasteiger partial charge in [-0.1, -0.05) is 60.1 Å². The Labute approximate surface area is 239 Å². The molecule has 0 saturated heterocycles. The standard InChI is InChI=1S/C31H30ClN3O4S/c1-22-12-15-26(20-23(22)2)35(40(38,39)27-16-13-25(32)14-17-27)21-30(36)34-29-11-7-6-10-28(29)31(37)33-19-18-24-8-4-3-5-9-24/h3-17,20H,18-19,21H2,1-2H3,(H,33,37)(H,34,36). The highest BCUT2D eigenvalue weighted by atomic mass is 35.5. The highest BCUT2D eigenvalue weighted by Crippen LogP contribution is 2.27. The zero-order valence-electron chi connectivity index (χ0n) is 22.2. The number of carbonyl (C=O) groups excluding carboxylic acids is 2. The molecule has 0 saturated carbocycles. The maximum Gasteiger partial charge on any atom is 0.264 e. The van der Waals surface area contributed by atoms with Crippen LogP contribution >= 0.6 is 11.6 Å². The van der Waals surface area contributed by atoms with Gasteiger partial charge in [0.1, 0.15) is 6.54 Å². The van der Waals surface area contributed by atoms with Crippen molar-refractivity contribution in [3.8, 4) is 0 Å². The molecule has 0 aliphatic carbocycles. The quantitative estimate of drug-likeness (QED) is 0.251. The van der Waals surface area contributed by atoms with Gasteiger partial charge in [-0.3, -0.25) is 13.9 Å². The van der Waals surface area contributed by atoms with Crippen LogP contribution in [0, 0.1) is 13.8 Å². The van der Waals surface area contributed by atoms with Crippen LogP contribution in [0.2, 0.25) is 5.02 Å². The molecule has 4 aromatic carbocycles. The Kier molecular flexibility index (Phi) is 9.24. The molecule has 0 radical (unpaired) electrons. The summed E-state index contributed by atoms with van der Waals surface area (Å²) in [6, 6.07) is 27.4. The van der Waals surface area contributed by atoms with Crippen LogP contribution in [0.3, 0.4) is 0 Å². The zero-order valence-corrected chi connectivity index (χ0v) is 23.8. The third-order valence-electron chi connectivity index (χ3n) is 6.46. The summed E-state index contributed by atoms with van der Waals surface area (Å²) in [6.07, 6.45) is 0.661. The van der Waals surface area contributed by atoms with Crippen LogP contribution in [0.15, 0.2) is 102 Å². The van der Waals surface area contributed by atoms with Gasteiger partial charge in [-0.25, -0.2) is 8.42 Å². The Balaban J connectivity index is 1.54. The highest BCUT2D eigenvalue weighted by molar-refractivity contribution is 7.92. The first kappa shape index (κ1) is 28.9. The SMILES string of the molecule is Cc1ccc(N(CC(=O)Nc2ccccc2C(=O)NCCc2ccccc2)S(=O)(=O)c2ccc(Cl)cc2)cc1C. The molecule has 0 atom stereocenters. The molecule has 40 heavy (non-hydrogen) atoms. The topological polar surface area (TPSA) is 95.6 Å².